The number of thiol groups is 1. The summed E-state index contributed by atoms with van der Waals surface area (Å²) in [4.78, 5) is 0. The minimum Gasteiger partial charge on any atom is -0.507 e. The van der Waals surface area contributed by atoms with Crippen LogP contribution in [0.5, 0.6) is 5.75 Å². The van der Waals surface area contributed by atoms with Crippen LogP contribution in [-0.4, -0.2) is 10.9 Å². The molecule has 1 rings (SSSR count). The Hall–Kier alpha value is -0.630. The van der Waals surface area contributed by atoms with Crippen molar-refractivity contribution >= 4 is 12.6 Å². The van der Waals surface area contributed by atoms with E-state index in [2.05, 4.69) is 66.3 Å². The van der Waals surface area contributed by atoms with Gasteiger partial charge in [0, 0.05) is 0 Å². The summed E-state index contributed by atoms with van der Waals surface area (Å²) in [6, 6.07) is 4.37. The molecule has 0 unspecified atom stereocenters. The number of aryl methyl sites for hydroxylation is 1. The highest BCUT2D eigenvalue weighted by Gasteiger charge is 2.26. The van der Waals surface area contributed by atoms with E-state index >= 15 is 0 Å². The van der Waals surface area contributed by atoms with E-state index in [1.54, 1.807) is 0 Å². The molecule has 1 aromatic carbocycles. The summed E-state index contributed by atoms with van der Waals surface area (Å²) < 4.78 is 0. The Kier molecular flexibility index (Phi) is 5.60. The predicted octanol–water partition coefficient (Wildman–Crippen LogP) is 5.24. The fourth-order valence-electron chi connectivity index (χ4n) is 2.42. The summed E-state index contributed by atoms with van der Waals surface area (Å²) in [5.41, 5.74) is 3.38. The molecule has 0 fully saturated rings. The Bertz CT molecular complexity index is 414. The number of hydrogen-bond acceptors (Lipinski definition) is 2. The summed E-state index contributed by atoms with van der Waals surface area (Å²) in [5.74, 6) is 1.42. The van der Waals surface area contributed by atoms with Crippen LogP contribution in [0.15, 0.2) is 12.1 Å². The second-order valence-corrected chi connectivity index (χ2v) is 8.17. The molecule has 20 heavy (non-hydrogen) atoms. The molecule has 0 radical (unpaired) electrons. The van der Waals surface area contributed by atoms with Crippen LogP contribution >= 0.6 is 12.6 Å². The van der Waals surface area contributed by atoms with E-state index in [-0.39, 0.29) is 10.8 Å². The summed E-state index contributed by atoms with van der Waals surface area (Å²) in [7, 11) is 0. The third-order valence-electron chi connectivity index (χ3n) is 3.66. The number of hydrogen-bond donors (Lipinski definition) is 2. The number of phenolic OH excluding ortho intramolecular Hbond substituents is 1. The number of aromatic hydroxyl groups is 1. The molecule has 2 heteroatoms. The molecule has 0 aliphatic heterocycles. The largest absolute Gasteiger partial charge is 0.507 e. The average molecular weight is 295 g/mol. The van der Waals surface area contributed by atoms with Crippen molar-refractivity contribution in [1.29, 1.82) is 0 Å². The minimum absolute atomic E-state index is 0.0381. The van der Waals surface area contributed by atoms with E-state index in [1.807, 2.05) is 0 Å². The molecule has 0 spiro atoms. The van der Waals surface area contributed by atoms with Crippen molar-refractivity contribution in [2.24, 2.45) is 0 Å². The van der Waals surface area contributed by atoms with Crippen LogP contribution in [0.2, 0.25) is 0 Å². The molecule has 1 N–H and O–H groups in total. The third kappa shape index (κ3) is 4.44. The van der Waals surface area contributed by atoms with E-state index in [0.29, 0.717) is 5.75 Å². The lowest BCUT2D eigenvalue weighted by molar-refractivity contribution is 0.422. The fraction of sp³-hybridized carbons (Fsp3) is 0.667. The molecule has 0 aromatic heterocycles. The lowest BCUT2D eigenvalue weighted by Crippen LogP contribution is -2.18. The minimum atomic E-state index is -0.0381. The van der Waals surface area contributed by atoms with Crippen LogP contribution in [0.1, 0.15) is 71.1 Å². The molecule has 0 saturated carbocycles. The first-order valence-electron chi connectivity index (χ1n) is 7.55. The maximum atomic E-state index is 10.6. The highest BCUT2D eigenvalue weighted by Crippen LogP contribution is 2.39. The summed E-state index contributed by atoms with van der Waals surface area (Å²) in [6.45, 7) is 13.0. The van der Waals surface area contributed by atoms with E-state index in [9.17, 15) is 5.11 Å². The Morgan fingerprint density at radius 3 is 1.70 bits per heavy atom. The molecule has 0 amide bonds. The van der Waals surface area contributed by atoms with Crippen LogP contribution in [0.3, 0.4) is 0 Å². The van der Waals surface area contributed by atoms with Crippen molar-refractivity contribution < 1.29 is 5.11 Å². The number of benzene rings is 1. The first kappa shape index (κ1) is 17.4. The van der Waals surface area contributed by atoms with Gasteiger partial charge < -0.3 is 5.11 Å². The Balaban J connectivity index is 3.28. The molecule has 0 atom stereocenters. The molecule has 1 nitrogen and oxygen atoms in total. The second kappa shape index (κ2) is 6.43. The molecule has 0 saturated heterocycles. The predicted molar refractivity (Wildman–Crippen MR) is 92.3 cm³/mol. The van der Waals surface area contributed by atoms with E-state index in [4.69, 9.17) is 0 Å². The highest BCUT2D eigenvalue weighted by molar-refractivity contribution is 7.80. The Labute approximate surface area is 130 Å². The van der Waals surface area contributed by atoms with Crippen LogP contribution in [-0.2, 0) is 17.3 Å². The van der Waals surface area contributed by atoms with Crippen LogP contribution in [0.4, 0.5) is 0 Å². The summed E-state index contributed by atoms with van der Waals surface area (Å²) in [6.07, 6.45) is 3.36. The second-order valence-electron chi connectivity index (χ2n) is 7.72. The SMILES string of the molecule is CC(C)(C)c1cc(CCCCS)cc(C(C)(C)C)c1O. The molecule has 0 heterocycles. The smallest absolute Gasteiger partial charge is 0.123 e. The quantitative estimate of drug-likeness (QED) is 0.575. The van der Waals surface area contributed by atoms with Crippen LogP contribution in [0, 0.1) is 0 Å². The fourth-order valence-corrected chi connectivity index (χ4v) is 2.65. The molecule has 114 valence electrons. The van der Waals surface area contributed by atoms with Crippen molar-refractivity contribution in [2.75, 3.05) is 5.75 Å². The third-order valence-corrected chi connectivity index (χ3v) is 3.98. The average Bonchev–Trinajstić information content (AvgIpc) is 2.28. The normalized spacial score (nSPS) is 12.8. The van der Waals surface area contributed by atoms with Gasteiger partial charge in [-0.05, 0) is 52.5 Å². The van der Waals surface area contributed by atoms with Gasteiger partial charge in [-0.15, -0.1) is 0 Å². The molecular weight excluding hydrogens is 264 g/mol. The number of phenols is 1. The molecular formula is C18H30OS. The van der Waals surface area contributed by atoms with Gasteiger partial charge in [0.15, 0.2) is 0 Å². The van der Waals surface area contributed by atoms with Crippen molar-refractivity contribution in [1.82, 2.24) is 0 Å². The summed E-state index contributed by atoms with van der Waals surface area (Å²) in [5, 5.41) is 10.6. The first-order chi connectivity index (χ1) is 9.07. The lowest BCUT2D eigenvalue weighted by Gasteiger charge is -2.28. The van der Waals surface area contributed by atoms with E-state index in [0.717, 1.165) is 36.1 Å². The summed E-state index contributed by atoms with van der Waals surface area (Å²) >= 11 is 4.28. The maximum absolute atomic E-state index is 10.6. The van der Waals surface area contributed by atoms with Gasteiger partial charge in [0.1, 0.15) is 5.75 Å². The first-order valence-corrected chi connectivity index (χ1v) is 8.18. The number of unbranched alkanes of at least 4 members (excludes halogenated alkanes) is 1. The monoisotopic (exact) mass is 294 g/mol. The van der Waals surface area contributed by atoms with Gasteiger partial charge in [0.25, 0.3) is 0 Å². The van der Waals surface area contributed by atoms with Crippen LogP contribution in [0.25, 0.3) is 0 Å². The molecule has 0 bridgehead atoms. The standard InChI is InChI=1S/C18H30OS/c1-17(2,3)14-11-13(9-7-8-10-20)12-15(16(14)19)18(4,5)6/h11-12,19-20H,7-10H2,1-6H3. The molecule has 1 aromatic rings. The van der Waals surface area contributed by atoms with Gasteiger partial charge in [-0.1, -0.05) is 53.7 Å². The van der Waals surface area contributed by atoms with Crippen LogP contribution < -0.4 is 0 Å². The zero-order valence-corrected chi connectivity index (χ0v) is 14.8. The molecule has 0 aliphatic rings. The van der Waals surface area contributed by atoms with E-state index in [1.165, 1.54) is 5.56 Å². The zero-order chi connectivity index (χ0) is 15.6. The topological polar surface area (TPSA) is 20.2 Å². The molecule has 0 aliphatic carbocycles. The number of rotatable bonds is 4. The van der Waals surface area contributed by atoms with Gasteiger partial charge in [-0.25, -0.2) is 0 Å². The van der Waals surface area contributed by atoms with Crippen molar-refractivity contribution in [3.8, 4) is 5.75 Å². The van der Waals surface area contributed by atoms with Gasteiger partial charge in [-0.2, -0.15) is 12.6 Å². The van der Waals surface area contributed by atoms with Gasteiger partial charge in [-0.3, -0.25) is 0 Å². The van der Waals surface area contributed by atoms with Gasteiger partial charge in [0.2, 0.25) is 0 Å². The van der Waals surface area contributed by atoms with Crippen molar-refractivity contribution in [3.05, 3.63) is 28.8 Å². The maximum Gasteiger partial charge on any atom is 0.123 e. The van der Waals surface area contributed by atoms with Crippen molar-refractivity contribution in [3.63, 3.8) is 0 Å². The zero-order valence-electron chi connectivity index (χ0n) is 13.9. The van der Waals surface area contributed by atoms with E-state index < -0.39 is 0 Å². The van der Waals surface area contributed by atoms with Gasteiger partial charge >= 0.3 is 0 Å². The van der Waals surface area contributed by atoms with Gasteiger partial charge in [0.05, 0.1) is 0 Å². The highest BCUT2D eigenvalue weighted by atomic mass is 32.1. The Morgan fingerprint density at radius 2 is 1.35 bits per heavy atom. The Morgan fingerprint density at radius 1 is 0.900 bits per heavy atom. The lowest BCUT2D eigenvalue weighted by atomic mass is 9.78. The van der Waals surface area contributed by atoms with Crippen molar-refractivity contribution in [2.45, 2.75) is 71.6 Å².